The summed E-state index contributed by atoms with van der Waals surface area (Å²) in [6.45, 7) is 6.23. The number of hydrogen-bond acceptors (Lipinski definition) is 4. The molecule has 4 nitrogen and oxygen atoms in total. The van der Waals surface area contributed by atoms with Crippen molar-refractivity contribution in [1.82, 2.24) is 9.97 Å². The summed E-state index contributed by atoms with van der Waals surface area (Å²) in [5.74, 6) is 0.619. The summed E-state index contributed by atoms with van der Waals surface area (Å²) in [5.41, 5.74) is 7.09. The molecule has 3 N–H and O–H groups in total. The van der Waals surface area contributed by atoms with Crippen LogP contribution in [0.4, 0.5) is 5.95 Å². The molecule has 0 aliphatic heterocycles. The highest BCUT2D eigenvalue weighted by molar-refractivity contribution is 7.80. The molecule has 1 atom stereocenters. The van der Waals surface area contributed by atoms with Gasteiger partial charge in [-0.05, 0) is 25.8 Å². The number of thiocarbonyl (C=S) groups is 1. The molecule has 0 amide bonds. The molecule has 1 aromatic heterocycles. The van der Waals surface area contributed by atoms with Crippen LogP contribution in [0, 0.1) is 6.92 Å². The molecule has 0 spiro atoms. The number of rotatable bonds is 6. The second-order valence-electron chi connectivity index (χ2n) is 4.12. The topological polar surface area (TPSA) is 63.8 Å². The van der Waals surface area contributed by atoms with E-state index in [1.807, 2.05) is 6.92 Å². The third-order valence-electron chi connectivity index (χ3n) is 2.57. The molecular weight excluding hydrogens is 232 g/mol. The normalized spacial score (nSPS) is 12.2. The minimum absolute atomic E-state index is 0.307. The van der Waals surface area contributed by atoms with Gasteiger partial charge in [-0.1, -0.05) is 32.5 Å². The highest BCUT2D eigenvalue weighted by Gasteiger charge is 2.09. The van der Waals surface area contributed by atoms with Crippen molar-refractivity contribution < 1.29 is 0 Å². The predicted molar refractivity (Wildman–Crippen MR) is 75.3 cm³/mol. The fourth-order valence-electron chi connectivity index (χ4n) is 1.67. The van der Waals surface area contributed by atoms with Gasteiger partial charge in [-0.3, -0.25) is 0 Å². The second-order valence-corrected chi connectivity index (χ2v) is 4.56. The van der Waals surface area contributed by atoms with Gasteiger partial charge in [-0.15, -0.1) is 0 Å². The Labute approximate surface area is 108 Å². The zero-order chi connectivity index (χ0) is 12.8. The molecule has 0 radical (unpaired) electrons. The van der Waals surface area contributed by atoms with E-state index in [2.05, 4.69) is 29.1 Å². The summed E-state index contributed by atoms with van der Waals surface area (Å²) < 4.78 is 0. The Morgan fingerprint density at radius 1 is 1.47 bits per heavy atom. The summed E-state index contributed by atoms with van der Waals surface area (Å²) in [5, 5.41) is 3.33. The SMILES string of the molecule is CCCC(CC)Nc1nc(C)cc(C(N)=S)n1. The minimum Gasteiger partial charge on any atom is -0.388 e. The zero-order valence-corrected chi connectivity index (χ0v) is 11.5. The van der Waals surface area contributed by atoms with Crippen molar-refractivity contribution in [1.29, 1.82) is 0 Å². The van der Waals surface area contributed by atoms with Gasteiger partial charge in [0.1, 0.15) is 10.7 Å². The first-order valence-electron chi connectivity index (χ1n) is 5.98. The number of anilines is 1. The number of nitrogens with zero attached hydrogens (tertiary/aromatic N) is 2. The summed E-state index contributed by atoms with van der Waals surface area (Å²) in [4.78, 5) is 8.97. The first-order valence-corrected chi connectivity index (χ1v) is 6.39. The van der Waals surface area contributed by atoms with E-state index in [1.165, 1.54) is 0 Å². The molecule has 0 aliphatic rings. The molecule has 0 aromatic carbocycles. The van der Waals surface area contributed by atoms with Crippen LogP contribution in [-0.4, -0.2) is 21.0 Å². The summed E-state index contributed by atoms with van der Waals surface area (Å²) in [7, 11) is 0. The Kier molecular flexibility index (Phi) is 5.28. The van der Waals surface area contributed by atoms with Crippen LogP contribution < -0.4 is 11.1 Å². The standard InChI is InChI=1S/C12H20N4S/c1-4-6-9(5-2)15-12-14-8(3)7-10(16-12)11(13)17/h7,9H,4-6H2,1-3H3,(H2,13,17)(H,14,15,16). The van der Waals surface area contributed by atoms with Crippen molar-refractivity contribution in [2.75, 3.05) is 5.32 Å². The Morgan fingerprint density at radius 3 is 2.71 bits per heavy atom. The fraction of sp³-hybridized carbons (Fsp3) is 0.583. The maximum absolute atomic E-state index is 5.59. The van der Waals surface area contributed by atoms with Gasteiger partial charge < -0.3 is 11.1 Å². The molecule has 1 aromatic rings. The molecule has 94 valence electrons. The number of aryl methyl sites for hydroxylation is 1. The van der Waals surface area contributed by atoms with Crippen LogP contribution in [0.25, 0.3) is 0 Å². The molecule has 1 unspecified atom stereocenters. The first-order chi connectivity index (χ1) is 8.06. The molecule has 5 heteroatoms. The lowest BCUT2D eigenvalue weighted by atomic mass is 10.1. The Bertz CT molecular complexity index is 392. The van der Waals surface area contributed by atoms with E-state index in [1.54, 1.807) is 6.07 Å². The lowest BCUT2D eigenvalue weighted by Gasteiger charge is -2.16. The van der Waals surface area contributed by atoms with E-state index in [9.17, 15) is 0 Å². The lowest BCUT2D eigenvalue weighted by molar-refractivity contribution is 0.617. The number of nitrogens with two attached hydrogens (primary N) is 1. The van der Waals surface area contributed by atoms with Gasteiger partial charge in [-0.25, -0.2) is 9.97 Å². The molecule has 17 heavy (non-hydrogen) atoms. The molecule has 0 saturated heterocycles. The van der Waals surface area contributed by atoms with E-state index in [4.69, 9.17) is 18.0 Å². The van der Waals surface area contributed by atoms with Crippen LogP contribution in [0.15, 0.2) is 6.07 Å². The Hall–Kier alpha value is -1.23. The smallest absolute Gasteiger partial charge is 0.223 e. The van der Waals surface area contributed by atoms with E-state index >= 15 is 0 Å². The molecule has 0 fully saturated rings. The van der Waals surface area contributed by atoms with Crippen molar-refractivity contribution in [3.05, 3.63) is 17.5 Å². The quantitative estimate of drug-likeness (QED) is 0.761. The highest BCUT2D eigenvalue weighted by Crippen LogP contribution is 2.10. The number of hydrogen-bond donors (Lipinski definition) is 2. The lowest BCUT2D eigenvalue weighted by Crippen LogP contribution is -2.21. The first kappa shape index (κ1) is 13.8. The number of nitrogens with one attached hydrogen (secondary N) is 1. The van der Waals surface area contributed by atoms with Crippen LogP contribution in [0.5, 0.6) is 0 Å². The largest absolute Gasteiger partial charge is 0.388 e. The maximum Gasteiger partial charge on any atom is 0.223 e. The van der Waals surface area contributed by atoms with Crippen molar-refractivity contribution >= 4 is 23.2 Å². The van der Waals surface area contributed by atoms with Crippen molar-refractivity contribution in [2.24, 2.45) is 5.73 Å². The molecule has 1 rings (SSSR count). The predicted octanol–water partition coefficient (Wildman–Crippen LogP) is 2.41. The summed E-state index contributed by atoms with van der Waals surface area (Å²) >= 11 is 4.93. The average molecular weight is 252 g/mol. The summed E-state index contributed by atoms with van der Waals surface area (Å²) in [6.07, 6.45) is 3.29. The van der Waals surface area contributed by atoms with Gasteiger partial charge in [0, 0.05) is 11.7 Å². The minimum atomic E-state index is 0.307. The van der Waals surface area contributed by atoms with E-state index in [0.29, 0.717) is 22.7 Å². The average Bonchev–Trinajstić information content (AvgIpc) is 2.27. The maximum atomic E-state index is 5.59. The Morgan fingerprint density at radius 2 is 2.18 bits per heavy atom. The van der Waals surface area contributed by atoms with Crippen molar-refractivity contribution in [3.8, 4) is 0 Å². The van der Waals surface area contributed by atoms with E-state index in [-0.39, 0.29) is 0 Å². The summed E-state index contributed by atoms with van der Waals surface area (Å²) in [6, 6.07) is 2.20. The van der Waals surface area contributed by atoms with E-state index < -0.39 is 0 Å². The molecule has 0 saturated carbocycles. The fourth-order valence-corrected chi connectivity index (χ4v) is 1.77. The van der Waals surface area contributed by atoms with Crippen LogP contribution in [0.3, 0.4) is 0 Å². The van der Waals surface area contributed by atoms with Crippen LogP contribution in [0.1, 0.15) is 44.5 Å². The number of aromatic nitrogens is 2. The van der Waals surface area contributed by atoms with Gasteiger partial charge in [0.2, 0.25) is 5.95 Å². The van der Waals surface area contributed by atoms with Crippen LogP contribution in [-0.2, 0) is 0 Å². The molecular formula is C12H20N4S. The highest BCUT2D eigenvalue weighted by atomic mass is 32.1. The van der Waals surface area contributed by atoms with Crippen LogP contribution in [0.2, 0.25) is 0 Å². The van der Waals surface area contributed by atoms with E-state index in [0.717, 1.165) is 25.0 Å². The molecule has 0 bridgehead atoms. The van der Waals surface area contributed by atoms with Gasteiger partial charge in [0.05, 0.1) is 0 Å². The van der Waals surface area contributed by atoms with Gasteiger partial charge in [-0.2, -0.15) is 0 Å². The molecule has 1 heterocycles. The second kappa shape index (κ2) is 6.49. The monoisotopic (exact) mass is 252 g/mol. The third-order valence-corrected chi connectivity index (χ3v) is 2.78. The van der Waals surface area contributed by atoms with Crippen molar-refractivity contribution in [2.45, 2.75) is 46.1 Å². The van der Waals surface area contributed by atoms with Crippen molar-refractivity contribution in [3.63, 3.8) is 0 Å². The van der Waals surface area contributed by atoms with Gasteiger partial charge in [0.15, 0.2) is 0 Å². The molecule has 0 aliphatic carbocycles. The third kappa shape index (κ3) is 4.26. The Balaban J connectivity index is 2.86. The van der Waals surface area contributed by atoms with Gasteiger partial charge in [0.25, 0.3) is 0 Å². The van der Waals surface area contributed by atoms with Crippen LogP contribution >= 0.6 is 12.2 Å². The van der Waals surface area contributed by atoms with Gasteiger partial charge >= 0.3 is 0 Å². The zero-order valence-electron chi connectivity index (χ0n) is 10.7.